The second-order valence-corrected chi connectivity index (χ2v) is 9.48. The van der Waals surface area contributed by atoms with Crippen molar-refractivity contribution in [1.29, 1.82) is 0 Å². The Morgan fingerprint density at radius 2 is 2.03 bits per heavy atom. The highest BCUT2D eigenvalue weighted by Gasteiger charge is 2.25. The van der Waals surface area contributed by atoms with E-state index in [1.54, 1.807) is 19.9 Å². The SMILES string of the molecule is C=CN1C=C(c2c(F)ccc(NS(=O)(=O)c3cc(Cl)cnc3NC)c2F)C=C/C1=C(/C)C(C)O. The smallest absolute Gasteiger partial charge is 0.265 e. The molecule has 1 atom stereocenters. The van der Waals surface area contributed by atoms with Crippen molar-refractivity contribution in [3.63, 3.8) is 0 Å². The molecule has 11 heteroatoms. The number of anilines is 2. The molecular weight excluding hydrogens is 486 g/mol. The van der Waals surface area contributed by atoms with Gasteiger partial charge in [-0.2, -0.15) is 0 Å². The first kappa shape index (κ1) is 25.4. The monoisotopic (exact) mass is 508 g/mol. The summed E-state index contributed by atoms with van der Waals surface area (Å²) in [5.74, 6) is -1.99. The van der Waals surface area contributed by atoms with Crippen molar-refractivity contribution < 1.29 is 22.3 Å². The van der Waals surface area contributed by atoms with E-state index in [2.05, 4.69) is 21.6 Å². The highest BCUT2D eigenvalue weighted by Crippen LogP contribution is 2.34. The van der Waals surface area contributed by atoms with Crippen LogP contribution in [0.4, 0.5) is 20.3 Å². The van der Waals surface area contributed by atoms with Crippen LogP contribution >= 0.6 is 11.6 Å². The zero-order chi connectivity index (χ0) is 25.2. The molecule has 180 valence electrons. The summed E-state index contributed by atoms with van der Waals surface area (Å²) in [7, 11) is -2.85. The Balaban J connectivity index is 2.06. The molecule has 1 aromatic carbocycles. The highest BCUT2D eigenvalue weighted by atomic mass is 35.5. The minimum atomic E-state index is -4.33. The second-order valence-electron chi connectivity index (χ2n) is 7.39. The second kappa shape index (κ2) is 9.96. The molecule has 0 fully saturated rings. The van der Waals surface area contributed by atoms with Crippen LogP contribution in [0.2, 0.25) is 5.02 Å². The van der Waals surface area contributed by atoms with Gasteiger partial charge in [0.15, 0.2) is 5.82 Å². The number of aliphatic hydroxyl groups excluding tert-OH is 1. The van der Waals surface area contributed by atoms with E-state index in [9.17, 15) is 17.9 Å². The van der Waals surface area contributed by atoms with Gasteiger partial charge in [-0.1, -0.05) is 24.3 Å². The lowest BCUT2D eigenvalue weighted by atomic mass is 9.99. The highest BCUT2D eigenvalue weighted by molar-refractivity contribution is 7.92. The van der Waals surface area contributed by atoms with E-state index >= 15 is 4.39 Å². The maximum Gasteiger partial charge on any atom is 0.265 e. The molecule has 0 amide bonds. The summed E-state index contributed by atoms with van der Waals surface area (Å²) < 4.78 is 58.2. The summed E-state index contributed by atoms with van der Waals surface area (Å²) in [5, 5.41) is 12.6. The van der Waals surface area contributed by atoms with Crippen molar-refractivity contribution in [1.82, 2.24) is 9.88 Å². The standard InChI is InChI=1S/C23H23ClF2N4O3S/c1-5-30-12-15(6-9-19(30)13(2)14(3)31)21-17(25)7-8-18(22(21)26)29-34(32,33)20-10-16(24)11-28-23(20)27-4/h5-12,14,29,31H,1H2,2-4H3,(H,27,28)/b19-13+. The molecule has 7 nitrogen and oxygen atoms in total. The van der Waals surface area contributed by atoms with Gasteiger partial charge >= 0.3 is 0 Å². The van der Waals surface area contributed by atoms with Gasteiger partial charge in [0.1, 0.15) is 16.5 Å². The Morgan fingerprint density at radius 1 is 1.32 bits per heavy atom. The Labute approximate surface area is 201 Å². The number of sulfonamides is 1. The molecule has 1 aliphatic heterocycles. The molecule has 0 spiro atoms. The van der Waals surface area contributed by atoms with Gasteiger partial charge in [0.25, 0.3) is 10.0 Å². The van der Waals surface area contributed by atoms with Gasteiger partial charge in [-0.05, 0) is 43.7 Å². The minimum absolute atomic E-state index is 0.00647. The Morgan fingerprint density at radius 3 is 2.65 bits per heavy atom. The Hall–Kier alpha value is -3.21. The van der Waals surface area contributed by atoms with Crippen LogP contribution in [-0.2, 0) is 10.0 Å². The number of halogens is 3. The summed E-state index contributed by atoms with van der Waals surface area (Å²) in [6.45, 7) is 7.02. The average Bonchev–Trinajstić information content (AvgIpc) is 2.80. The van der Waals surface area contributed by atoms with Crippen LogP contribution in [0.1, 0.15) is 19.4 Å². The van der Waals surface area contributed by atoms with Gasteiger partial charge in [-0.25, -0.2) is 22.2 Å². The molecule has 3 rings (SSSR count). The predicted molar refractivity (Wildman–Crippen MR) is 129 cm³/mol. The largest absolute Gasteiger partial charge is 0.389 e. The van der Waals surface area contributed by atoms with E-state index in [1.165, 1.54) is 36.6 Å². The zero-order valence-electron chi connectivity index (χ0n) is 18.6. The third-order valence-corrected chi connectivity index (χ3v) is 6.76. The van der Waals surface area contributed by atoms with E-state index in [0.29, 0.717) is 11.3 Å². The van der Waals surface area contributed by atoms with Gasteiger partial charge in [0, 0.05) is 36.9 Å². The van der Waals surface area contributed by atoms with E-state index in [4.69, 9.17) is 11.6 Å². The van der Waals surface area contributed by atoms with Gasteiger partial charge in [-0.3, -0.25) is 4.72 Å². The van der Waals surface area contributed by atoms with Crippen molar-refractivity contribution in [2.75, 3.05) is 17.1 Å². The van der Waals surface area contributed by atoms with Gasteiger partial charge in [0.2, 0.25) is 0 Å². The number of nitrogens with one attached hydrogen (secondary N) is 2. The number of nitrogens with zero attached hydrogens (tertiary/aromatic N) is 2. The van der Waals surface area contributed by atoms with Crippen LogP contribution in [0.5, 0.6) is 0 Å². The molecule has 0 aliphatic carbocycles. The van der Waals surface area contributed by atoms with Crippen molar-refractivity contribution in [2.45, 2.75) is 24.8 Å². The number of aliphatic hydroxyl groups is 1. The third kappa shape index (κ3) is 4.98. The maximum atomic E-state index is 15.4. The molecule has 0 saturated carbocycles. The number of hydrogen-bond acceptors (Lipinski definition) is 6. The van der Waals surface area contributed by atoms with E-state index < -0.39 is 39.0 Å². The molecule has 34 heavy (non-hydrogen) atoms. The van der Waals surface area contributed by atoms with Crippen molar-refractivity contribution in [3.05, 3.63) is 89.0 Å². The number of hydrogen-bond donors (Lipinski definition) is 3. The van der Waals surface area contributed by atoms with Crippen molar-refractivity contribution >= 4 is 38.7 Å². The van der Waals surface area contributed by atoms with E-state index in [-0.39, 0.29) is 21.3 Å². The average molecular weight is 509 g/mol. The Bertz CT molecular complexity index is 1340. The zero-order valence-corrected chi connectivity index (χ0v) is 20.2. The van der Waals surface area contributed by atoms with Crippen LogP contribution in [0, 0.1) is 11.6 Å². The molecule has 0 saturated heterocycles. The molecule has 1 aliphatic rings. The van der Waals surface area contributed by atoms with Crippen molar-refractivity contribution in [2.24, 2.45) is 0 Å². The first-order valence-corrected chi connectivity index (χ1v) is 11.9. The Kier molecular flexibility index (Phi) is 7.44. The lowest BCUT2D eigenvalue weighted by molar-refractivity contribution is 0.228. The fraction of sp³-hybridized carbons (Fsp3) is 0.174. The fourth-order valence-electron chi connectivity index (χ4n) is 3.27. The van der Waals surface area contributed by atoms with Gasteiger partial charge in [0.05, 0.1) is 22.4 Å². The first-order valence-electron chi connectivity index (χ1n) is 10.0. The summed E-state index contributed by atoms with van der Waals surface area (Å²) in [6, 6.07) is 3.12. The number of allylic oxidation sites excluding steroid dienone is 3. The molecule has 3 N–H and O–H groups in total. The summed E-state index contributed by atoms with van der Waals surface area (Å²) >= 11 is 5.89. The molecule has 2 aromatic rings. The first-order chi connectivity index (χ1) is 16.0. The topological polar surface area (TPSA) is 94.6 Å². The quantitative estimate of drug-likeness (QED) is 0.494. The molecular formula is C23H23ClF2N4O3S. The lowest BCUT2D eigenvalue weighted by Crippen LogP contribution is -2.18. The normalized spacial score (nSPS) is 16.1. The maximum absolute atomic E-state index is 15.4. The lowest BCUT2D eigenvalue weighted by Gasteiger charge is -2.26. The van der Waals surface area contributed by atoms with Crippen LogP contribution in [-0.4, -0.2) is 36.6 Å². The van der Waals surface area contributed by atoms with E-state index in [0.717, 1.165) is 18.2 Å². The number of benzene rings is 1. The minimum Gasteiger partial charge on any atom is -0.389 e. The number of aromatic nitrogens is 1. The summed E-state index contributed by atoms with van der Waals surface area (Å²) in [4.78, 5) is 5.13. The van der Waals surface area contributed by atoms with E-state index in [1.807, 2.05) is 0 Å². The molecule has 1 aromatic heterocycles. The molecule has 1 unspecified atom stereocenters. The van der Waals surface area contributed by atoms with Crippen LogP contribution in [0.15, 0.2) is 71.7 Å². The number of pyridine rings is 1. The predicted octanol–water partition coefficient (Wildman–Crippen LogP) is 4.87. The van der Waals surface area contributed by atoms with Gasteiger partial charge in [-0.15, -0.1) is 0 Å². The van der Waals surface area contributed by atoms with Crippen LogP contribution < -0.4 is 10.0 Å². The number of rotatable bonds is 7. The third-order valence-electron chi connectivity index (χ3n) is 5.17. The molecule has 2 heterocycles. The van der Waals surface area contributed by atoms with Crippen LogP contribution in [0.25, 0.3) is 5.57 Å². The van der Waals surface area contributed by atoms with Crippen LogP contribution in [0.3, 0.4) is 0 Å². The van der Waals surface area contributed by atoms with Gasteiger partial charge < -0.3 is 15.3 Å². The fourth-order valence-corrected chi connectivity index (χ4v) is 4.75. The molecule has 0 bridgehead atoms. The molecule has 0 radical (unpaired) electrons. The van der Waals surface area contributed by atoms with Crippen molar-refractivity contribution in [3.8, 4) is 0 Å². The summed E-state index contributed by atoms with van der Waals surface area (Å²) in [5.41, 5.74) is 0.469. The summed E-state index contributed by atoms with van der Waals surface area (Å²) in [6.07, 6.45) is 6.45.